The summed E-state index contributed by atoms with van der Waals surface area (Å²) >= 11 is 3.53. The molecule has 0 aliphatic heterocycles. The Balaban J connectivity index is 1.90. The van der Waals surface area contributed by atoms with Crippen molar-refractivity contribution in [3.63, 3.8) is 0 Å². The van der Waals surface area contributed by atoms with Crippen LogP contribution in [0.1, 0.15) is 32.0 Å². The van der Waals surface area contributed by atoms with Crippen LogP contribution < -0.4 is 5.32 Å². The molecule has 2 aromatic heterocycles. The summed E-state index contributed by atoms with van der Waals surface area (Å²) in [4.78, 5) is 4.82. The number of fused-ring (bicyclic) bond motifs is 1. The van der Waals surface area contributed by atoms with Gasteiger partial charge in [-0.2, -0.15) is 0 Å². The number of nitrogens with zero attached hydrogens (tertiary/aromatic N) is 1. The zero-order chi connectivity index (χ0) is 13.9. The molecule has 1 N–H and O–H groups in total. The second-order valence-electron chi connectivity index (χ2n) is 4.90. The Morgan fingerprint density at radius 1 is 1.20 bits per heavy atom. The molecule has 0 amide bonds. The van der Waals surface area contributed by atoms with Crippen LogP contribution in [0.5, 0.6) is 0 Å². The van der Waals surface area contributed by atoms with E-state index in [4.69, 9.17) is 4.98 Å². The number of nitrogens with one attached hydrogen (secondary N) is 1. The van der Waals surface area contributed by atoms with Crippen LogP contribution in [-0.2, 0) is 0 Å². The van der Waals surface area contributed by atoms with Gasteiger partial charge in [-0.1, -0.05) is 25.1 Å². The summed E-state index contributed by atoms with van der Waals surface area (Å²) in [5.74, 6) is 0. The molecule has 0 aliphatic carbocycles. The Labute approximate surface area is 127 Å². The van der Waals surface area contributed by atoms with E-state index in [1.54, 1.807) is 22.7 Å². The molecule has 3 rings (SSSR count). The number of aromatic nitrogens is 1. The molecule has 4 heteroatoms. The Morgan fingerprint density at radius 3 is 2.90 bits per heavy atom. The number of thiazole rings is 1. The van der Waals surface area contributed by atoms with Gasteiger partial charge < -0.3 is 5.32 Å². The normalized spacial score (nSPS) is 12.9. The van der Waals surface area contributed by atoms with Gasteiger partial charge in [0.25, 0.3) is 0 Å². The van der Waals surface area contributed by atoms with Crippen molar-refractivity contribution < 1.29 is 0 Å². The minimum absolute atomic E-state index is 0.324. The second kappa shape index (κ2) is 6.04. The Hall–Kier alpha value is -1.23. The summed E-state index contributed by atoms with van der Waals surface area (Å²) in [6, 6.07) is 8.86. The van der Waals surface area contributed by atoms with E-state index in [2.05, 4.69) is 54.2 Å². The van der Waals surface area contributed by atoms with Crippen molar-refractivity contribution in [3.05, 3.63) is 40.7 Å². The molecule has 3 aromatic rings. The lowest BCUT2D eigenvalue weighted by Crippen LogP contribution is -2.19. The maximum atomic E-state index is 4.82. The van der Waals surface area contributed by atoms with Crippen LogP contribution in [-0.4, -0.2) is 11.5 Å². The maximum absolute atomic E-state index is 4.82. The first kappa shape index (κ1) is 13.7. The van der Waals surface area contributed by atoms with Gasteiger partial charge in [0.1, 0.15) is 5.01 Å². The fourth-order valence-electron chi connectivity index (χ4n) is 2.22. The van der Waals surface area contributed by atoms with E-state index in [0.29, 0.717) is 6.04 Å². The molecular weight excluding hydrogens is 284 g/mol. The minimum Gasteiger partial charge on any atom is -0.309 e. The number of hydrogen-bond donors (Lipinski definition) is 1. The first-order valence-corrected chi connectivity index (χ1v) is 8.71. The summed E-state index contributed by atoms with van der Waals surface area (Å²) in [6.07, 6.45) is 1.15. The van der Waals surface area contributed by atoms with Gasteiger partial charge in [-0.25, -0.2) is 4.98 Å². The number of benzene rings is 1. The highest BCUT2D eigenvalue weighted by Crippen LogP contribution is 2.36. The average molecular weight is 302 g/mol. The van der Waals surface area contributed by atoms with Gasteiger partial charge in [0, 0.05) is 32.5 Å². The smallest absolute Gasteiger partial charge is 0.125 e. The molecule has 0 bridgehead atoms. The van der Waals surface area contributed by atoms with Crippen LogP contribution in [0.4, 0.5) is 0 Å². The van der Waals surface area contributed by atoms with Crippen LogP contribution in [0.3, 0.4) is 0 Å². The highest BCUT2D eigenvalue weighted by Gasteiger charge is 2.13. The van der Waals surface area contributed by atoms with Gasteiger partial charge in [0.2, 0.25) is 0 Å². The molecule has 1 aromatic carbocycles. The van der Waals surface area contributed by atoms with Crippen molar-refractivity contribution >= 4 is 32.8 Å². The number of rotatable bonds is 5. The van der Waals surface area contributed by atoms with Crippen LogP contribution in [0.2, 0.25) is 0 Å². The molecule has 1 unspecified atom stereocenters. The first-order chi connectivity index (χ1) is 9.79. The third kappa shape index (κ3) is 2.64. The van der Waals surface area contributed by atoms with Crippen molar-refractivity contribution in [1.29, 1.82) is 0 Å². The highest BCUT2D eigenvalue weighted by atomic mass is 32.1. The first-order valence-electron chi connectivity index (χ1n) is 6.95. The molecule has 0 saturated heterocycles. The van der Waals surface area contributed by atoms with Gasteiger partial charge in [-0.15, -0.1) is 22.7 Å². The SMILES string of the molecule is CCCNC(C)c1csc(-c2csc3ccccc23)n1. The van der Waals surface area contributed by atoms with Crippen LogP contribution in [0.25, 0.3) is 20.7 Å². The predicted molar refractivity (Wildman–Crippen MR) is 89.6 cm³/mol. The third-order valence-electron chi connectivity index (χ3n) is 3.38. The van der Waals surface area contributed by atoms with E-state index in [9.17, 15) is 0 Å². The van der Waals surface area contributed by atoms with E-state index in [0.717, 1.165) is 23.7 Å². The lowest BCUT2D eigenvalue weighted by Gasteiger charge is -2.09. The van der Waals surface area contributed by atoms with Gasteiger partial charge in [-0.3, -0.25) is 0 Å². The standard InChI is InChI=1S/C16H18N2S2/c1-3-8-17-11(2)14-10-20-16(18-14)13-9-19-15-7-5-4-6-12(13)15/h4-7,9-11,17H,3,8H2,1-2H3. The third-order valence-corrected chi connectivity index (χ3v) is 5.23. The lowest BCUT2D eigenvalue weighted by atomic mass is 10.2. The summed E-state index contributed by atoms with van der Waals surface area (Å²) in [6.45, 7) is 5.40. The van der Waals surface area contributed by atoms with Gasteiger partial charge in [0.05, 0.1) is 5.69 Å². The number of hydrogen-bond acceptors (Lipinski definition) is 4. The van der Waals surface area contributed by atoms with E-state index in [1.807, 2.05) is 0 Å². The van der Waals surface area contributed by atoms with Gasteiger partial charge in [0.15, 0.2) is 0 Å². The number of thiophene rings is 1. The molecule has 104 valence electrons. The lowest BCUT2D eigenvalue weighted by molar-refractivity contribution is 0.561. The van der Waals surface area contributed by atoms with Crippen molar-refractivity contribution in [2.45, 2.75) is 26.3 Å². The highest BCUT2D eigenvalue weighted by molar-refractivity contribution is 7.18. The molecule has 0 radical (unpaired) electrons. The molecule has 2 nitrogen and oxygen atoms in total. The Kier molecular flexibility index (Phi) is 4.15. The quantitative estimate of drug-likeness (QED) is 0.710. The van der Waals surface area contributed by atoms with Gasteiger partial charge >= 0.3 is 0 Å². The molecule has 0 aliphatic rings. The van der Waals surface area contributed by atoms with E-state index >= 15 is 0 Å². The summed E-state index contributed by atoms with van der Waals surface area (Å²) < 4.78 is 1.33. The van der Waals surface area contributed by atoms with Crippen LogP contribution in [0.15, 0.2) is 35.0 Å². The Morgan fingerprint density at radius 2 is 2.05 bits per heavy atom. The fourth-order valence-corrected chi connectivity index (χ4v) is 4.18. The van der Waals surface area contributed by atoms with E-state index < -0.39 is 0 Å². The monoisotopic (exact) mass is 302 g/mol. The van der Waals surface area contributed by atoms with E-state index in [1.165, 1.54) is 15.6 Å². The van der Waals surface area contributed by atoms with Crippen molar-refractivity contribution in [1.82, 2.24) is 10.3 Å². The summed E-state index contributed by atoms with van der Waals surface area (Å²) in [5.41, 5.74) is 2.42. The minimum atomic E-state index is 0.324. The zero-order valence-corrected chi connectivity index (χ0v) is 13.4. The fraction of sp³-hybridized carbons (Fsp3) is 0.312. The molecule has 0 spiro atoms. The Bertz CT molecular complexity index is 699. The predicted octanol–water partition coefficient (Wildman–Crippen LogP) is 5.09. The summed E-state index contributed by atoms with van der Waals surface area (Å²) in [5, 5.41) is 10.3. The van der Waals surface area contributed by atoms with Crippen molar-refractivity contribution in [3.8, 4) is 10.6 Å². The van der Waals surface area contributed by atoms with E-state index in [-0.39, 0.29) is 0 Å². The maximum Gasteiger partial charge on any atom is 0.125 e. The molecule has 0 fully saturated rings. The topological polar surface area (TPSA) is 24.9 Å². The average Bonchev–Trinajstić information content (AvgIpc) is 3.10. The zero-order valence-electron chi connectivity index (χ0n) is 11.7. The van der Waals surface area contributed by atoms with Crippen molar-refractivity contribution in [2.75, 3.05) is 6.54 Å². The molecular formula is C16H18N2S2. The summed E-state index contributed by atoms with van der Waals surface area (Å²) in [7, 11) is 0. The van der Waals surface area contributed by atoms with Crippen molar-refractivity contribution in [2.24, 2.45) is 0 Å². The molecule has 20 heavy (non-hydrogen) atoms. The van der Waals surface area contributed by atoms with Gasteiger partial charge in [-0.05, 0) is 26.0 Å². The molecule has 0 saturated carbocycles. The second-order valence-corrected chi connectivity index (χ2v) is 6.67. The molecule has 2 heterocycles. The largest absolute Gasteiger partial charge is 0.309 e. The molecule has 1 atom stereocenters. The van der Waals surface area contributed by atoms with Crippen LogP contribution in [0, 0.1) is 0 Å². The van der Waals surface area contributed by atoms with Crippen LogP contribution >= 0.6 is 22.7 Å².